The fraction of sp³-hybridized carbons (Fsp3) is 1.00. The molecule has 17 heavy (non-hydrogen) atoms. The molecule has 13 heteroatoms. The number of aliphatic hydroxyl groups is 3. The number of rotatable bonds is 7. The summed E-state index contributed by atoms with van der Waals surface area (Å²) in [5.41, 5.74) is 0. The molecule has 0 aromatic rings. The minimum Gasteiger partial charge on any atom is -0.380 e. The van der Waals surface area contributed by atoms with Crippen LogP contribution >= 0.6 is 0 Å². The van der Waals surface area contributed by atoms with E-state index in [0.29, 0.717) is 0 Å². The first-order valence-electron chi connectivity index (χ1n) is 3.78. The van der Waals surface area contributed by atoms with Crippen molar-refractivity contribution in [1.82, 2.24) is 3.71 Å². The Hall–Kier alpha value is -0.310. The number of hydrogen-bond acceptors (Lipinski definition) is 9. The summed E-state index contributed by atoms with van der Waals surface area (Å²) in [5, 5.41) is 25.3. The van der Waals surface area contributed by atoms with Gasteiger partial charge in [-0.05, 0) is 0 Å². The van der Waals surface area contributed by atoms with E-state index in [1.54, 1.807) is 0 Å². The number of hydrogen-bond donors (Lipinski definition) is 3. The van der Waals surface area contributed by atoms with E-state index < -0.39 is 57.3 Å². The van der Waals surface area contributed by atoms with Crippen molar-refractivity contribution >= 4 is 29.9 Å². The van der Waals surface area contributed by atoms with E-state index in [1.807, 2.05) is 0 Å². The summed E-state index contributed by atoms with van der Waals surface area (Å²) >= 11 is 0. The van der Waals surface area contributed by atoms with Crippen LogP contribution < -0.4 is 0 Å². The Balaban J connectivity index is 5.63. The van der Waals surface area contributed by atoms with E-state index in [2.05, 4.69) is 0 Å². The Labute approximate surface area is 98.1 Å². The van der Waals surface area contributed by atoms with Gasteiger partial charge in [0.15, 0.2) is 21.7 Å². The van der Waals surface area contributed by atoms with Crippen LogP contribution in [0.15, 0.2) is 0 Å². The molecule has 0 saturated carbocycles. The number of sulfone groups is 1. The predicted molar refractivity (Wildman–Crippen MR) is 54.7 cm³/mol. The Kier molecular flexibility index (Phi) is 5.45. The fourth-order valence-electron chi connectivity index (χ4n) is 0.664. The Morgan fingerprint density at radius 1 is 0.706 bits per heavy atom. The Bertz CT molecular complexity index is 509. The van der Waals surface area contributed by atoms with Crippen molar-refractivity contribution in [1.29, 1.82) is 0 Å². The van der Waals surface area contributed by atoms with Crippen LogP contribution in [-0.4, -0.2) is 68.0 Å². The third-order valence-electron chi connectivity index (χ3n) is 1.45. The Morgan fingerprint density at radius 2 is 1.06 bits per heavy atom. The van der Waals surface area contributed by atoms with Gasteiger partial charge in [0.2, 0.25) is 0 Å². The first-order valence-corrected chi connectivity index (χ1v) is 8.82. The van der Waals surface area contributed by atoms with Crippen LogP contribution in [0.3, 0.4) is 0 Å². The maximum atomic E-state index is 11.1. The molecule has 0 radical (unpaired) electrons. The predicted octanol–water partition coefficient (Wildman–Crippen LogP) is -3.83. The number of sulfonamides is 2. The average Bonchev–Trinajstić information content (AvgIpc) is 2.25. The molecule has 0 aromatic heterocycles. The molecule has 10 nitrogen and oxygen atoms in total. The highest BCUT2D eigenvalue weighted by molar-refractivity contribution is 8.05. The molecule has 104 valence electrons. The van der Waals surface area contributed by atoms with Gasteiger partial charge in [0.1, 0.15) is 11.8 Å². The minimum atomic E-state index is -4.82. The molecule has 0 aliphatic carbocycles. The number of nitrogens with zero attached hydrogens (tertiary/aromatic N) is 1. The molecule has 3 N–H and O–H groups in total. The van der Waals surface area contributed by atoms with Crippen LogP contribution in [0.25, 0.3) is 0 Å². The van der Waals surface area contributed by atoms with Crippen molar-refractivity contribution in [2.75, 3.05) is 23.7 Å². The van der Waals surface area contributed by atoms with Gasteiger partial charge < -0.3 is 15.3 Å². The lowest BCUT2D eigenvalue weighted by Crippen LogP contribution is -2.43. The van der Waals surface area contributed by atoms with Crippen LogP contribution in [-0.2, 0) is 29.9 Å². The van der Waals surface area contributed by atoms with Crippen molar-refractivity contribution < 1.29 is 40.6 Å². The van der Waals surface area contributed by atoms with Crippen LogP contribution in [0.1, 0.15) is 0 Å². The van der Waals surface area contributed by atoms with E-state index in [-0.39, 0.29) is 0 Å². The van der Waals surface area contributed by atoms with Gasteiger partial charge in [-0.3, -0.25) is 0 Å². The monoisotopic (exact) mass is 313 g/mol. The molecular formula is C4H11NO9S3. The second-order valence-electron chi connectivity index (χ2n) is 2.76. The van der Waals surface area contributed by atoms with Crippen LogP contribution in [0.5, 0.6) is 0 Å². The lowest BCUT2D eigenvalue weighted by atomic mass is 11.5. The Morgan fingerprint density at radius 3 is 1.29 bits per heavy atom. The molecule has 0 heterocycles. The van der Waals surface area contributed by atoms with Crippen LogP contribution in [0.4, 0.5) is 0 Å². The summed E-state index contributed by atoms with van der Waals surface area (Å²) in [5.74, 6) is -6.39. The maximum absolute atomic E-state index is 11.1. The zero-order valence-corrected chi connectivity index (χ0v) is 10.7. The fourth-order valence-corrected chi connectivity index (χ4v) is 5.24. The normalized spacial score (nSPS) is 14.1. The van der Waals surface area contributed by atoms with E-state index in [0.717, 1.165) is 0 Å². The largest absolute Gasteiger partial charge is 0.380 e. The van der Waals surface area contributed by atoms with Crippen molar-refractivity contribution in [2.24, 2.45) is 0 Å². The highest BCUT2D eigenvalue weighted by Crippen LogP contribution is 2.11. The van der Waals surface area contributed by atoms with Crippen LogP contribution in [0.2, 0.25) is 0 Å². The molecule has 0 rings (SSSR count). The quantitative estimate of drug-likeness (QED) is 0.426. The van der Waals surface area contributed by atoms with E-state index >= 15 is 0 Å². The van der Waals surface area contributed by atoms with E-state index in [1.165, 1.54) is 0 Å². The molecule has 0 aliphatic heterocycles. The van der Waals surface area contributed by atoms with E-state index in [9.17, 15) is 25.3 Å². The maximum Gasteiger partial charge on any atom is 0.252 e. The summed E-state index contributed by atoms with van der Waals surface area (Å²) in [6, 6.07) is 0. The second kappa shape index (κ2) is 5.55. The lowest BCUT2D eigenvalue weighted by Gasteiger charge is -2.18. The summed E-state index contributed by atoms with van der Waals surface area (Å²) in [6.07, 6.45) is 0. The summed E-state index contributed by atoms with van der Waals surface area (Å²) < 4.78 is 65.9. The molecule has 0 amide bonds. The summed E-state index contributed by atoms with van der Waals surface area (Å²) in [6.45, 7) is 0. The second-order valence-corrected chi connectivity index (χ2v) is 8.72. The van der Waals surface area contributed by atoms with Crippen molar-refractivity contribution in [2.45, 2.75) is 0 Å². The minimum absolute atomic E-state index is 0.578. The molecule has 0 aliphatic rings. The topological polar surface area (TPSA) is 166 Å². The molecule has 0 bridgehead atoms. The summed E-state index contributed by atoms with van der Waals surface area (Å²) in [4.78, 5) is 0. The van der Waals surface area contributed by atoms with Crippen molar-refractivity contribution in [3.8, 4) is 0 Å². The molecule has 0 atom stereocenters. The summed E-state index contributed by atoms with van der Waals surface area (Å²) in [7, 11) is -14.0. The highest BCUT2D eigenvalue weighted by Gasteiger charge is 2.36. The van der Waals surface area contributed by atoms with Crippen molar-refractivity contribution in [3.05, 3.63) is 0 Å². The standard InChI is InChI=1S/C4H11NO9S3/c6-2-15(9,10)1-5(16(11,12)3-7)17(13,14)4-8/h6-8H,1-4H2. The first kappa shape index (κ1) is 16.7. The molecule has 0 spiro atoms. The highest BCUT2D eigenvalue weighted by atomic mass is 32.3. The third kappa shape index (κ3) is 4.46. The van der Waals surface area contributed by atoms with E-state index in [4.69, 9.17) is 15.3 Å². The van der Waals surface area contributed by atoms with Crippen molar-refractivity contribution in [3.63, 3.8) is 0 Å². The smallest absolute Gasteiger partial charge is 0.252 e. The molecular weight excluding hydrogens is 302 g/mol. The third-order valence-corrected chi connectivity index (χ3v) is 6.33. The zero-order chi connectivity index (χ0) is 13.9. The van der Waals surface area contributed by atoms with Gasteiger partial charge in [-0.2, -0.15) is 0 Å². The van der Waals surface area contributed by atoms with Crippen LogP contribution in [0, 0.1) is 0 Å². The molecule has 0 aromatic carbocycles. The lowest BCUT2D eigenvalue weighted by molar-refractivity contribution is 0.336. The van der Waals surface area contributed by atoms with Gasteiger partial charge in [-0.15, -0.1) is 0 Å². The molecule has 0 saturated heterocycles. The van der Waals surface area contributed by atoms with Gasteiger partial charge in [-0.25, -0.2) is 25.3 Å². The van der Waals surface area contributed by atoms with Gasteiger partial charge >= 0.3 is 0 Å². The zero-order valence-electron chi connectivity index (χ0n) is 8.29. The average molecular weight is 313 g/mol. The number of aliphatic hydroxyl groups excluding tert-OH is 3. The van der Waals surface area contributed by atoms with Gasteiger partial charge in [-0.1, -0.05) is 3.71 Å². The van der Waals surface area contributed by atoms with Gasteiger partial charge in [0.25, 0.3) is 20.0 Å². The van der Waals surface area contributed by atoms with Gasteiger partial charge in [0, 0.05) is 0 Å². The molecule has 0 fully saturated rings. The SMILES string of the molecule is O=S(=O)(CO)CN(S(=O)(=O)CO)S(=O)(=O)CO. The first-order chi connectivity index (χ1) is 7.52. The van der Waals surface area contributed by atoms with Gasteiger partial charge in [0.05, 0.1) is 0 Å². The molecule has 0 unspecified atom stereocenters.